The summed E-state index contributed by atoms with van der Waals surface area (Å²) in [5.41, 5.74) is 1.06. The molecular formula is C17H16N2O2S. The summed E-state index contributed by atoms with van der Waals surface area (Å²) in [5, 5.41) is 4.43. The zero-order valence-electron chi connectivity index (χ0n) is 12.1. The topological polar surface area (TPSA) is 41.6 Å². The molecule has 0 spiro atoms. The standard InChI is InChI=1S/C17H16N2O2S/c1-18-17(20)21-15-12-19(14-8-4-2-5-9-14)22(13-15)16-10-6-3-7-11-16/h2-13H,1H3,(H,18,20). The maximum Gasteiger partial charge on any atom is 0.412 e. The second kappa shape index (κ2) is 6.49. The average Bonchev–Trinajstić information content (AvgIpc) is 3.00. The molecule has 5 heteroatoms. The monoisotopic (exact) mass is 312 g/mol. The zero-order valence-corrected chi connectivity index (χ0v) is 12.9. The number of carbonyl (C=O) groups excluding carboxylic acids is 1. The highest BCUT2D eigenvalue weighted by molar-refractivity contribution is 8.16. The van der Waals surface area contributed by atoms with E-state index in [1.165, 1.54) is 0 Å². The molecule has 1 aliphatic heterocycles. The molecule has 1 heterocycles. The molecule has 0 aromatic heterocycles. The number of hydrogen-bond acceptors (Lipinski definition) is 3. The third-order valence-corrected chi connectivity index (χ3v) is 5.05. The lowest BCUT2D eigenvalue weighted by Crippen LogP contribution is -2.18. The van der Waals surface area contributed by atoms with Crippen LogP contribution in [0.3, 0.4) is 0 Å². The Morgan fingerprint density at radius 3 is 2.32 bits per heavy atom. The van der Waals surface area contributed by atoms with Gasteiger partial charge in [0.25, 0.3) is 0 Å². The van der Waals surface area contributed by atoms with E-state index < -0.39 is 6.09 Å². The van der Waals surface area contributed by atoms with Crippen molar-refractivity contribution in [3.05, 3.63) is 72.6 Å². The van der Waals surface area contributed by atoms with E-state index in [2.05, 4.69) is 21.8 Å². The number of nitrogens with one attached hydrogen (secondary N) is 1. The highest BCUT2D eigenvalue weighted by atomic mass is 32.2. The summed E-state index contributed by atoms with van der Waals surface area (Å²) in [7, 11) is 1.23. The van der Waals surface area contributed by atoms with Gasteiger partial charge in [0, 0.05) is 17.3 Å². The van der Waals surface area contributed by atoms with Crippen molar-refractivity contribution in [1.82, 2.24) is 5.32 Å². The van der Waals surface area contributed by atoms with E-state index in [0.29, 0.717) is 5.76 Å². The third-order valence-electron chi connectivity index (χ3n) is 3.09. The first-order chi connectivity index (χ1) is 10.8. The summed E-state index contributed by atoms with van der Waals surface area (Å²) in [6.07, 6.45) is 1.40. The van der Waals surface area contributed by atoms with Crippen LogP contribution in [0.2, 0.25) is 0 Å². The molecule has 0 fully saturated rings. The van der Waals surface area contributed by atoms with Gasteiger partial charge in [-0.2, -0.15) is 0 Å². The first kappa shape index (κ1) is 14.4. The maximum atomic E-state index is 11.4. The molecule has 4 nitrogen and oxygen atoms in total. The predicted molar refractivity (Wildman–Crippen MR) is 90.9 cm³/mol. The number of amides is 1. The van der Waals surface area contributed by atoms with Gasteiger partial charge in [-0.3, -0.25) is 4.31 Å². The van der Waals surface area contributed by atoms with Crippen molar-refractivity contribution in [3.8, 4) is 0 Å². The van der Waals surface area contributed by atoms with Gasteiger partial charge in [0.15, 0.2) is 5.76 Å². The van der Waals surface area contributed by atoms with Crippen LogP contribution in [0.4, 0.5) is 10.5 Å². The van der Waals surface area contributed by atoms with Gasteiger partial charge in [-0.25, -0.2) is 4.79 Å². The number of hydrogen-bond donors (Lipinski definition) is 1. The highest BCUT2D eigenvalue weighted by Gasteiger charge is 2.20. The van der Waals surface area contributed by atoms with Crippen molar-refractivity contribution in [3.63, 3.8) is 0 Å². The number of rotatable bonds is 3. The predicted octanol–water partition coefficient (Wildman–Crippen LogP) is 3.75. The van der Waals surface area contributed by atoms with Crippen molar-refractivity contribution >= 4 is 27.8 Å². The molecule has 1 amide bonds. The number of carbonyl (C=O) groups is 1. The minimum Gasteiger partial charge on any atom is -0.408 e. The van der Waals surface area contributed by atoms with Crippen LogP contribution in [0.1, 0.15) is 0 Å². The molecule has 112 valence electrons. The number of allylic oxidation sites excluding steroid dienone is 1. The van der Waals surface area contributed by atoms with E-state index in [-0.39, 0.29) is 10.7 Å². The summed E-state index contributed by atoms with van der Waals surface area (Å²) in [6.45, 7) is 0. The van der Waals surface area contributed by atoms with Crippen molar-refractivity contribution in [1.29, 1.82) is 0 Å². The van der Waals surface area contributed by atoms with Crippen LogP contribution < -0.4 is 9.62 Å². The molecule has 2 aromatic rings. The Morgan fingerprint density at radius 1 is 1.05 bits per heavy atom. The summed E-state index contributed by atoms with van der Waals surface area (Å²) < 4.78 is 7.40. The first-order valence-electron chi connectivity index (χ1n) is 6.87. The largest absolute Gasteiger partial charge is 0.412 e. The molecule has 3 rings (SSSR count). The van der Waals surface area contributed by atoms with E-state index in [0.717, 1.165) is 10.6 Å². The van der Waals surface area contributed by atoms with Crippen LogP contribution in [0, 0.1) is 0 Å². The van der Waals surface area contributed by atoms with Gasteiger partial charge in [0.1, 0.15) is 0 Å². The zero-order chi connectivity index (χ0) is 15.4. The van der Waals surface area contributed by atoms with Crippen molar-refractivity contribution in [2.45, 2.75) is 4.90 Å². The Bertz CT molecular complexity index is 727. The number of ether oxygens (including phenoxy) is 1. The molecule has 1 unspecified atom stereocenters. The second-order valence-electron chi connectivity index (χ2n) is 4.58. The van der Waals surface area contributed by atoms with Gasteiger partial charge in [-0.05, 0) is 24.3 Å². The normalized spacial score (nSPS) is 16.7. The molecule has 0 aliphatic carbocycles. The lowest BCUT2D eigenvalue weighted by molar-refractivity contribution is 0.184. The smallest absolute Gasteiger partial charge is 0.408 e. The minimum absolute atomic E-state index is 0.317. The number of nitrogens with zero attached hydrogens (tertiary/aromatic N) is 1. The van der Waals surface area contributed by atoms with Gasteiger partial charge < -0.3 is 10.1 Å². The average molecular weight is 312 g/mol. The number of anilines is 1. The Kier molecular flexibility index (Phi) is 4.25. The molecule has 1 atom stereocenters. The minimum atomic E-state index is -0.464. The lowest BCUT2D eigenvalue weighted by Gasteiger charge is -2.21. The summed E-state index contributed by atoms with van der Waals surface area (Å²) >= 11 is 0. The van der Waals surface area contributed by atoms with Crippen molar-refractivity contribution < 1.29 is 9.53 Å². The van der Waals surface area contributed by atoms with Gasteiger partial charge in [0.2, 0.25) is 0 Å². The van der Waals surface area contributed by atoms with E-state index >= 15 is 0 Å². The van der Waals surface area contributed by atoms with E-state index in [9.17, 15) is 4.79 Å². The summed E-state index contributed by atoms with van der Waals surface area (Å²) in [6, 6.07) is 20.2. The highest BCUT2D eigenvalue weighted by Crippen LogP contribution is 2.39. The summed E-state index contributed by atoms with van der Waals surface area (Å²) in [5.74, 6) is 0.551. The Labute approximate surface area is 132 Å². The summed E-state index contributed by atoms with van der Waals surface area (Å²) in [4.78, 5) is 12.6. The molecule has 1 N–H and O–H groups in total. The van der Waals surface area contributed by atoms with E-state index in [4.69, 9.17) is 4.74 Å². The molecular weight excluding hydrogens is 296 g/mol. The first-order valence-corrected chi connectivity index (χ1v) is 8.11. The maximum absolute atomic E-state index is 11.4. The van der Waals surface area contributed by atoms with Crippen LogP contribution in [0.25, 0.3) is 0 Å². The van der Waals surface area contributed by atoms with E-state index in [1.54, 1.807) is 7.05 Å². The van der Waals surface area contributed by atoms with Crippen LogP contribution in [-0.2, 0) is 4.74 Å². The number of benzene rings is 2. The van der Waals surface area contributed by atoms with Gasteiger partial charge >= 0.3 is 6.09 Å². The van der Waals surface area contributed by atoms with Gasteiger partial charge in [-0.15, -0.1) is 0 Å². The Balaban J connectivity index is 1.98. The quantitative estimate of drug-likeness (QED) is 0.878. The lowest BCUT2D eigenvalue weighted by atomic mass is 10.3. The fourth-order valence-electron chi connectivity index (χ4n) is 2.08. The van der Waals surface area contributed by atoms with Crippen LogP contribution >= 0.6 is 10.7 Å². The van der Waals surface area contributed by atoms with E-state index in [1.807, 2.05) is 60.1 Å². The fourth-order valence-corrected chi connectivity index (χ4v) is 3.89. The van der Waals surface area contributed by atoms with Gasteiger partial charge in [-0.1, -0.05) is 47.1 Å². The fraction of sp³-hybridized carbons (Fsp3) is 0.0588. The number of para-hydroxylation sites is 1. The number of alkyl carbamates (subject to hydrolysis) is 1. The molecule has 2 aromatic carbocycles. The Morgan fingerprint density at radius 2 is 1.68 bits per heavy atom. The second-order valence-corrected chi connectivity index (χ2v) is 6.31. The van der Waals surface area contributed by atoms with Crippen molar-refractivity contribution in [2.24, 2.45) is 0 Å². The molecule has 22 heavy (non-hydrogen) atoms. The van der Waals surface area contributed by atoms with Crippen LogP contribution in [0.15, 0.2) is 77.5 Å². The molecule has 0 saturated heterocycles. The van der Waals surface area contributed by atoms with Crippen molar-refractivity contribution in [2.75, 3.05) is 11.4 Å². The Hall–Kier alpha value is -2.53. The molecule has 1 aliphatic rings. The SMILES string of the molecule is CNC(=O)OC1=CN(c2ccccc2)S(c2ccccc2)=C1. The third kappa shape index (κ3) is 3.04. The molecule has 0 radical (unpaired) electrons. The van der Waals surface area contributed by atoms with Gasteiger partial charge in [0.05, 0.1) is 11.9 Å². The van der Waals surface area contributed by atoms with Crippen LogP contribution in [0.5, 0.6) is 0 Å². The van der Waals surface area contributed by atoms with Crippen LogP contribution in [-0.4, -0.2) is 18.5 Å². The molecule has 0 saturated carbocycles. The molecule has 0 bridgehead atoms.